The van der Waals surface area contributed by atoms with Gasteiger partial charge in [0, 0.05) is 32.4 Å². The Kier molecular flexibility index (Phi) is 4.51. The summed E-state index contributed by atoms with van der Waals surface area (Å²) in [4.78, 5) is 4.25. The first kappa shape index (κ1) is 14.4. The molecular weight excluding hydrogens is 266 g/mol. The average Bonchev–Trinajstić information content (AvgIpc) is 2.64. The summed E-state index contributed by atoms with van der Waals surface area (Å²) in [6.45, 7) is 3.63. The van der Waals surface area contributed by atoms with E-state index in [2.05, 4.69) is 4.98 Å². The summed E-state index contributed by atoms with van der Waals surface area (Å²) in [6.07, 6.45) is 1.99. The molecule has 19 heavy (non-hydrogen) atoms. The van der Waals surface area contributed by atoms with Crippen molar-refractivity contribution in [3.05, 3.63) is 24.0 Å². The van der Waals surface area contributed by atoms with Gasteiger partial charge in [0.25, 0.3) is 0 Å². The zero-order chi connectivity index (χ0) is 13.9. The molecule has 106 valence electrons. The van der Waals surface area contributed by atoms with Crippen molar-refractivity contribution in [2.75, 3.05) is 19.7 Å². The van der Waals surface area contributed by atoms with Crippen molar-refractivity contribution in [3.8, 4) is 0 Å². The molecule has 1 aromatic heterocycles. The van der Waals surface area contributed by atoms with Crippen molar-refractivity contribution in [1.82, 2.24) is 9.29 Å². The number of nitrogens with two attached hydrogens (primary N) is 1. The minimum Gasteiger partial charge on any atom is -0.377 e. The van der Waals surface area contributed by atoms with E-state index in [-0.39, 0.29) is 11.0 Å². The predicted octanol–water partition coefficient (Wildman–Crippen LogP) is 0.340. The fourth-order valence-electron chi connectivity index (χ4n) is 2.01. The van der Waals surface area contributed by atoms with Crippen LogP contribution in [0.1, 0.15) is 19.0 Å². The molecule has 0 radical (unpaired) electrons. The minimum atomic E-state index is -3.49. The Labute approximate surface area is 113 Å². The van der Waals surface area contributed by atoms with Gasteiger partial charge < -0.3 is 10.5 Å². The molecule has 7 heteroatoms. The third-order valence-electron chi connectivity index (χ3n) is 3.06. The molecule has 1 aliphatic rings. The molecule has 0 aliphatic carbocycles. The Morgan fingerprint density at radius 3 is 2.95 bits per heavy atom. The van der Waals surface area contributed by atoms with Gasteiger partial charge in [-0.2, -0.15) is 4.31 Å². The molecule has 1 unspecified atom stereocenters. The van der Waals surface area contributed by atoms with Crippen LogP contribution in [0.2, 0.25) is 0 Å². The van der Waals surface area contributed by atoms with E-state index in [4.69, 9.17) is 10.5 Å². The fraction of sp³-hybridized carbons (Fsp3) is 0.583. The first-order chi connectivity index (χ1) is 9.04. The third-order valence-corrected chi connectivity index (χ3v) is 4.91. The van der Waals surface area contributed by atoms with Crippen LogP contribution < -0.4 is 5.73 Å². The van der Waals surface area contributed by atoms with E-state index >= 15 is 0 Å². The summed E-state index contributed by atoms with van der Waals surface area (Å²) in [5.41, 5.74) is 6.12. The number of hydrogen-bond donors (Lipinski definition) is 1. The van der Waals surface area contributed by atoms with Gasteiger partial charge in [0.2, 0.25) is 10.0 Å². The van der Waals surface area contributed by atoms with Crippen molar-refractivity contribution in [1.29, 1.82) is 0 Å². The Bertz CT molecular complexity index is 516. The zero-order valence-electron chi connectivity index (χ0n) is 10.9. The first-order valence-corrected chi connectivity index (χ1v) is 7.75. The van der Waals surface area contributed by atoms with Gasteiger partial charge in [-0.25, -0.2) is 8.42 Å². The molecule has 0 saturated carbocycles. The molecular formula is C12H19N3O3S. The molecule has 2 N–H and O–H groups in total. The molecule has 0 spiro atoms. The van der Waals surface area contributed by atoms with Crippen molar-refractivity contribution in [2.24, 2.45) is 5.73 Å². The van der Waals surface area contributed by atoms with Gasteiger partial charge in [0.15, 0.2) is 0 Å². The van der Waals surface area contributed by atoms with Crippen molar-refractivity contribution in [3.63, 3.8) is 0 Å². The molecule has 1 aromatic rings. The smallest absolute Gasteiger partial charge is 0.244 e. The Balaban J connectivity index is 2.24. The second kappa shape index (κ2) is 5.96. The van der Waals surface area contributed by atoms with Crippen LogP contribution in [-0.2, 0) is 21.3 Å². The molecule has 1 aliphatic heterocycles. The number of nitrogens with zero attached hydrogens (tertiary/aromatic N) is 2. The highest BCUT2D eigenvalue weighted by Gasteiger charge is 2.27. The van der Waals surface area contributed by atoms with E-state index in [9.17, 15) is 8.42 Å². The number of pyridine rings is 1. The second-order valence-electron chi connectivity index (χ2n) is 4.59. The number of sulfonamides is 1. The summed E-state index contributed by atoms with van der Waals surface area (Å²) in [5, 5.41) is 0. The molecule has 6 nitrogen and oxygen atoms in total. The Hall–Kier alpha value is -1.02. The van der Waals surface area contributed by atoms with Gasteiger partial charge in [-0.1, -0.05) is 0 Å². The second-order valence-corrected chi connectivity index (χ2v) is 6.53. The van der Waals surface area contributed by atoms with Crippen LogP contribution in [0.4, 0.5) is 0 Å². The lowest BCUT2D eigenvalue weighted by atomic mass is 10.4. The van der Waals surface area contributed by atoms with E-state index in [1.54, 1.807) is 12.1 Å². The molecule has 2 heterocycles. The summed E-state index contributed by atoms with van der Waals surface area (Å²) in [6, 6.07) is 3.20. The Morgan fingerprint density at radius 2 is 2.32 bits per heavy atom. The molecule has 1 atom stereocenters. The minimum absolute atomic E-state index is 0.0893. The van der Waals surface area contributed by atoms with Crippen LogP contribution in [0.25, 0.3) is 0 Å². The number of rotatable bonds is 3. The molecule has 0 bridgehead atoms. The lowest BCUT2D eigenvalue weighted by molar-refractivity contribution is 0.0752. The van der Waals surface area contributed by atoms with Crippen LogP contribution in [0, 0.1) is 0 Å². The summed E-state index contributed by atoms with van der Waals surface area (Å²) >= 11 is 0. The van der Waals surface area contributed by atoms with Gasteiger partial charge in [-0.05, 0) is 25.5 Å². The molecule has 2 rings (SSSR count). The summed E-state index contributed by atoms with van der Waals surface area (Å²) in [5.74, 6) is 0. The van der Waals surface area contributed by atoms with E-state index in [0.29, 0.717) is 38.4 Å². The number of hydrogen-bond acceptors (Lipinski definition) is 5. The highest BCUT2D eigenvalue weighted by molar-refractivity contribution is 7.89. The number of ether oxygens (including phenoxy) is 1. The maximum absolute atomic E-state index is 12.5. The van der Waals surface area contributed by atoms with Crippen molar-refractivity contribution < 1.29 is 13.2 Å². The molecule has 1 saturated heterocycles. The van der Waals surface area contributed by atoms with Crippen LogP contribution in [0.15, 0.2) is 23.2 Å². The fourth-order valence-corrected chi connectivity index (χ4v) is 3.51. The van der Waals surface area contributed by atoms with E-state index in [1.165, 1.54) is 10.5 Å². The average molecular weight is 285 g/mol. The summed E-state index contributed by atoms with van der Waals surface area (Å²) < 4.78 is 31.9. The van der Waals surface area contributed by atoms with Crippen LogP contribution in [-0.4, -0.2) is 43.5 Å². The standard InChI is InChI=1S/C12H19N3O3S/c1-10-9-15(5-2-6-18-10)19(16,17)12-4-3-11(7-13)14-8-12/h3-4,8,10H,2,5-7,9,13H2,1H3. The van der Waals surface area contributed by atoms with E-state index < -0.39 is 10.0 Å². The molecule has 0 amide bonds. The van der Waals surface area contributed by atoms with Crippen LogP contribution in [0.5, 0.6) is 0 Å². The van der Waals surface area contributed by atoms with Crippen LogP contribution in [0.3, 0.4) is 0 Å². The highest BCUT2D eigenvalue weighted by Crippen LogP contribution is 2.18. The maximum Gasteiger partial charge on any atom is 0.244 e. The SMILES string of the molecule is CC1CN(S(=O)(=O)c2ccc(CN)nc2)CCCO1. The predicted molar refractivity (Wildman–Crippen MR) is 70.9 cm³/mol. The topological polar surface area (TPSA) is 85.5 Å². The van der Waals surface area contributed by atoms with Crippen LogP contribution >= 0.6 is 0 Å². The lowest BCUT2D eigenvalue weighted by Crippen LogP contribution is -2.36. The van der Waals surface area contributed by atoms with E-state index in [1.807, 2.05) is 6.92 Å². The zero-order valence-corrected chi connectivity index (χ0v) is 11.8. The van der Waals surface area contributed by atoms with Gasteiger partial charge in [0.05, 0.1) is 11.8 Å². The Morgan fingerprint density at radius 1 is 1.53 bits per heavy atom. The quantitative estimate of drug-likeness (QED) is 0.865. The molecule has 1 fully saturated rings. The van der Waals surface area contributed by atoms with Crippen molar-refractivity contribution in [2.45, 2.75) is 30.9 Å². The molecule has 0 aromatic carbocycles. The van der Waals surface area contributed by atoms with Gasteiger partial charge >= 0.3 is 0 Å². The third kappa shape index (κ3) is 3.30. The lowest BCUT2D eigenvalue weighted by Gasteiger charge is -2.21. The van der Waals surface area contributed by atoms with Gasteiger partial charge in [-0.3, -0.25) is 4.98 Å². The normalized spacial score (nSPS) is 22.1. The number of aromatic nitrogens is 1. The van der Waals surface area contributed by atoms with Gasteiger partial charge in [-0.15, -0.1) is 0 Å². The highest BCUT2D eigenvalue weighted by atomic mass is 32.2. The largest absolute Gasteiger partial charge is 0.377 e. The summed E-state index contributed by atoms with van der Waals surface area (Å²) in [7, 11) is -3.49. The first-order valence-electron chi connectivity index (χ1n) is 6.31. The van der Waals surface area contributed by atoms with Crippen molar-refractivity contribution >= 4 is 10.0 Å². The van der Waals surface area contributed by atoms with Gasteiger partial charge in [0.1, 0.15) is 4.90 Å². The maximum atomic E-state index is 12.5. The van der Waals surface area contributed by atoms with E-state index in [0.717, 1.165) is 0 Å². The monoisotopic (exact) mass is 285 g/mol.